The molecule has 1 aromatic heterocycles. The highest BCUT2D eigenvalue weighted by Gasteiger charge is 2.09. The lowest BCUT2D eigenvalue weighted by Crippen LogP contribution is -2.12. The SMILES string of the molecule is O=C(Cc1ccc(Cl)cc1)Oc1ccc(NC(=O)c2cccs2)cc1. The van der Waals surface area contributed by atoms with E-state index in [9.17, 15) is 9.59 Å². The topological polar surface area (TPSA) is 55.4 Å². The highest BCUT2D eigenvalue weighted by Crippen LogP contribution is 2.18. The first kappa shape index (κ1) is 17.2. The number of hydrogen-bond donors (Lipinski definition) is 1. The molecule has 0 fully saturated rings. The number of benzene rings is 2. The summed E-state index contributed by atoms with van der Waals surface area (Å²) < 4.78 is 5.30. The van der Waals surface area contributed by atoms with Crippen molar-refractivity contribution in [3.05, 3.63) is 81.5 Å². The first-order valence-corrected chi connectivity index (χ1v) is 8.76. The van der Waals surface area contributed by atoms with Crippen molar-refractivity contribution >= 4 is 40.5 Å². The summed E-state index contributed by atoms with van der Waals surface area (Å²) in [6, 6.07) is 17.3. The molecule has 0 radical (unpaired) electrons. The average molecular weight is 372 g/mol. The first-order chi connectivity index (χ1) is 12.1. The second-order valence-electron chi connectivity index (χ2n) is 5.23. The van der Waals surface area contributed by atoms with Crippen molar-refractivity contribution in [2.75, 3.05) is 5.32 Å². The third-order valence-corrected chi connectivity index (χ3v) is 4.47. The molecule has 0 saturated carbocycles. The van der Waals surface area contributed by atoms with E-state index in [1.807, 2.05) is 11.4 Å². The van der Waals surface area contributed by atoms with Gasteiger partial charge in [-0.15, -0.1) is 11.3 Å². The highest BCUT2D eigenvalue weighted by atomic mass is 35.5. The zero-order chi connectivity index (χ0) is 17.6. The van der Waals surface area contributed by atoms with Gasteiger partial charge in [0.05, 0.1) is 11.3 Å². The molecule has 0 bridgehead atoms. The molecule has 1 heterocycles. The second kappa shape index (κ2) is 7.96. The van der Waals surface area contributed by atoms with E-state index in [0.29, 0.717) is 21.3 Å². The Kier molecular flexibility index (Phi) is 5.48. The lowest BCUT2D eigenvalue weighted by atomic mass is 10.1. The van der Waals surface area contributed by atoms with E-state index in [0.717, 1.165) is 5.56 Å². The summed E-state index contributed by atoms with van der Waals surface area (Å²) in [6.07, 6.45) is 0.161. The highest BCUT2D eigenvalue weighted by molar-refractivity contribution is 7.12. The van der Waals surface area contributed by atoms with Gasteiger partial charge in [0, 0.05) is 10.7 Å². The van der Waals surface area contributed by atoms with Gasteiger partial charge in [0.25, 0.3) is 5.91 Å². The lowest BCUT2D eigenvalue weighted by Gasteiger charge is -2.07. The van der Waals surface area contributed by atoms with Crippen molar-refractivity contribution in [1.82, 2.24) is 0 Å². The summed E-state index contributed by atoms with van der Waals surface area (Å²) in [5.41, 5.74) is 1.46. The molecule has 126 valence electrons. The molecule has 0 atom stereocenters. The van der Waals surface area contributed by atoms with E-state index < -0.39 is 0 Å². The van der Waals surface area contributed by atoms with Gasteiger partial charge in [-0.2, -0.15) is 0 Å². The number of thiophene rings is 1. The van der Waals surface area contributed by atoms with E-state index in [1.54, 1.807) is 54.6 Å². The quantitative estimate of drug-likeness (QED) is 0.517. The molecule has 3 aromatic rings. The van der Waals surface area contributed by atoms with Gasteiger partial charge in [0.15, 0.2) is 0 Å². The van der Waals surface area contributed by atoms with Crippen LogP contribution in [-0.4, -0.2) is 11.9 Å². The normalized spacial score (nSPS) is 10.3. The molecule has 0 aliphatic carbocycles. The number of anilines is 1. The standard InChI is InChI=1S/C19H14ClNO3S/c20-14-5-3-13(4-6-14)12-18(22)24-16-9-7-15(8-10-16)21-19(23)17-2-1-11-25-17/h1-11H,12H2,(H,21,23). The van der Waals surface area contributed by atoms with Crippen LogP contribution in [0.1, 0.15) is 15.2 Å². The molecule has 1 N–H and O–H groups in total. The molecule has 0 aliphatic rings. The number of nitrogens with one attached hydrogen (secondary N) is 1. The van der Waals surface area contributed by atoms with Gasteiger partial charge in [0.1, 0.15) is 5.75 Å². The fourth-order valence-electron chi connectivity index (χ4n) is 2.14. The van der Waals surface area contributed by atoms with Gasteiger partial charge in [-0.3, -0.25) is 9.59 Å². The lowest BCUT2D eigenvalue weighted by molar-refractivity contribution is -0.133. The summed E-state index contributed by atoms with van der Waals surface area (Å²) in [7, 11) is 0. The van der Waals surface area contributed by atoms with Gasteiger partial charge >= 0.3 is 5.97 Å². The fraction of sp³-hybridized carbons (Fsp3) is 0.0526. The van der Waals surface area contributed by atoms with Crippen LogP contribution in [0.4, 0.5) is 5.69 Å². The van der Waals surface area contributed by atoms with Crippen molar-refractivity contribution in [3.8, 4) is 5.75 Å². The molecule has 4 nitrogen and oxygen atoms in total. The van der Waals surface area contributed by atoms with E-state index in [4.69, 9.17) is 16.3 Å². The van der Waals surface area contributed by atoms with Crippen LogP contribution in [0.3, 0.4) is 0 Å². The van der Waals surface area contributed by atoms with Crippen molar-refractivity contribution in [2.45, 2.75) is 6.42 Å². The number of rotatable bonds is 5. The van der Waals surface area contributed by atoms with Crippen molar-refractivity contribution < 1.29 is 14.3 Å². The minimum Gasteiger partial charge on any atom is -0.426 e. The Bertz CT molecular complexity index is 859. The van der Waals surface area contributed by atoms with Crippen LogP contribution in [0.15, 0.2) is 66.0 Å². The molecule has 0 aliphatic heterocycles. The van der Waals surface area contributed by atoms with Gasteiger partial charge in [-0.05, 0) is 53.4 Å². The average Bonchev–Trinajstić information content (AvgIpc) is 3.13. The first-order valence-electron chi connectivity index (χ1n) is 7.50. The number of ether oxygens (including phenoxy) is 1. The minimum absolute atomic E-state index is 0.161. The van der Waals surface area contributed by atoms with Crippen molar-refractivity contribution in [3.63, 3.8) is 0 Å². The minimum atomic E-state index is -0.363. The van der Waals surface area contributed by atoms with Crippen LogP contribution in [0, 0.1) is 0 Å². The zero-order valence-electron chi connectivity index (χ0n) is 13.1. The largest absolute Gasteiger partial charge is 0.426 e. The maximum atomic E-state index is 12.0. The van der Waals surface area contributed by atoms with Crippen LogP contribution in [0.25, 0.3) is 0 Å². The monoisotopic (exact) mass is 371 g/mol. The van der Waals surface area contributed by atoms with E-state index in [-0.39, 0.29) is 18.3 Å². The molecule has 2 aromatic carbocycles. The zero-order valence-corrected chi connectivity index (χ0v) is 14.6. The van der Waals surface area contributed by atoms with Gasteiger partial charge in [-0.25, -0.2) is 0 Å². The van der Waals surface area contributed by atoms with Crippen molar-refractivity contribution in [1.29, 1.82) is 0 Å². The van der Waals surface area contributed by atoms with Crippen LogP contribution in [0.2, 0.25) is 5.02 Å². The molecule has 6 heteroatoms. The van der Waals surface area contributed by atoms with E-state index in [2.05, 4.69) is 5.32 Å². The Morgan fingerprint density at radius 3 is 2.36 bits per heavy atom. The molecular formula is C19H14ClNO3S. The molecule has 25 heavy (non-hydrogen) atoms. The number of carbonyl (C=O) groups excluding carboxylic acids is 2. The van der Waals surface area contributed by atoms with Gasteiger partial charge < -0.3 is 10.1 Å². The second-order valence-corrected chi connectivity index (χ2v) is 6.62. The Labute approximate surface area is 154 Å². The predicted molar refractivity (Wildman–Crippen MR) is 99.5 cm³/mol. The molecule has 0 spiro atoms. The Morgan fingerprint density at radius 2 is 1.72 bits per heavy atom. The van der Waals surface area contributed by atoms with Gasteiger partial charge in [0.2, 0.25) is 0 Å². The third-order valence-electron chi connectivity index (χ3n) is 3.35. The molecule has 3 rings (SSSR count). The Hall–Kier alpha value is -2.63. The molecule has 0 saturated heterocycles. The van der Waals surface area contributed by atoms with E-state index >= 15 is 0 Å². The number of carbonyl (C=O) groups is 2. The summed E-state index contributed by atoms with van der Waals surface area (Å²) in [5, 5.41) is 5.26. The third kappa shape index (κ3) is 4.92. The summed E-state index contributed by atoms with van der Waals surface area (Å²) in [5.74, 6) is -0.103. The van der Waals surface area contributed by atoms with Crippen LogP contribution >= 0.6 is 22.9 Å². The number of halogens is 1. The van der Waals surface area contributed by atoms with Crippen LogP contribution < -0.4 is 10.1 Å². The fourth-order valence-corrected chi connectivity index (χ4v) is 2.89. The van der Waals surface area contributed by atoms with Gasteiger partial charge in [-0.1, -0.05) is 29.8 Å². The summed E-state index contributed by atoms with van der Waals surface area (Å²) in [4.78, 5) is 24.6. The maximum Gasteiger partial charge on any atom is 0.315 e. The smallest absolute Gasteiger partial charge is 0.315 e. The van der Waals surface area contributed by atoms with Crippen LogP contribution in [0.5, 0.6) is 5.75 Å². The van der Waals surface area contributed by atoms with Crippen LogP contribution in [-0.2, 0) is 11.2 Å². The maximum absolute atomic E-state index is 12.0. The Morgan fingerprint density at radius 1 is 1.00 bits per heavy atom. The predicted octanol–water partition coefficient (Wildman–Crippen LogP) is 4.80. The number of hydrogen-bond acceptors (Lipinski definition) is 4. The number of amides is 1. The summed E-state index contributed by atoms with van der Waals surface area (Å²) in [6.45, 7) is 0. The number of esters is 1. The summed E-state index contributed by atoms with van der Waals surface area (Å²) >= 11 is 7.19. The molecular weight excluding hydrogens is 358 g/mol. The Balaban J connectivity index is 1.56. The molecule has 1 amide bonds. The van der Waals surface area contributed by atoms with Crippen molar-refractivity contribution in [2.24, 2.45) is 0 Å². The van der Waals surface area contributed by atoms with E-state index in [1.165, 1.54) is 11.3 Å². The molecule has 0 unspecified atom stereocenters.